The zero-order valence-electron chi connectivity index (χ0n) is 8.65. The van der Waals surface area contributed by atoms with Crippen LogP contribution in [0.25, 0.3) is 0 Å². The number of aliphatic hydroxyl groups is 1. The molecule has 0 aliphatic rings. The van der Waals surface area contributed by atoms with Crippen LogP contribution in [-0.2, 0) is 0 Å². The van der Waals surface area contributed by atoms with Gasteiger partial charge in [-0.15, -0.1) is 11.6 Å². The van der Waals surface area contributed by atoms with Crippen molar-refractivity contribution in [3.8, 4) is 11.5 Å². The molecule has 0 bridgehead atoms. The van der Waals surface area contributed by atoms with Gasteiger partial charge in [0.1, 0.15) is 6.61 Å². The van der Waals surface area contributed by atoms with Crippen molar-refractivity contribution in [3.63, 3.8) is 0 Å². The molecule has 0 amide bonds. The highest BCUT2D eigenvalue weighted by atomic mass is 35.5. The lowest BCUT2D eigenvalue weighted by molar-refractivity contribution is 0.103. The van der Waals surface area contributed by atoms with E-state index in [1.165, 1.54) is 0 Å². The molecule has 1 atom stereocenters. The predicted octanol–water partition coefficient (Wildman–Crippen LogP) is 2.06. The van der Waals surface area contributed by atoms with Gasteiger partial charge < -0.3 is 14.6 Å². The first kappa shape index (κ1) is 12.1. The first-order valence-electron chi connectivity index (χ1n) is 4.77. The number of hydrogen-bond donors (Lipinski definition) is 1. The molecular formula is C11H15ClO3. The van der Waals surface area contributed by atoms with Crippen molar-refractivity contribution in [3.05, 3.63) is 24.3 Å². The maximum Gasteiger partial charge on any atom is 0.161 e. The third kappa shape index (κ3) is 3.98. The zero-order chi connectivity index (χ0) is 11.1. The van der Waals surface area contributed by atoms with Crippen molar-refractivity contribution in [2.75, 3.05) is 19.6 Å². The highest BCUT2D eigenvalue weighted by molar-refractivity contribution is 6.17. The smallest absolute Gasteiger partial charge is 0.161 e. The van der Waals surface area contributed by atoms with Gasteiger partial charge in [-0.3, -0.25) is 0 Å². The topological polar surface area (TPSA) is 38.7 Å². The van der Waals surface area contributed by atoms with E-state index >= 15 is 0 Å². The summed E-state index contributed by atoms with van der Waals surface area (Å²) in [7, 11) is 1.58. The second-order valence-electron chi connectivity index (χ2n) is 3.09. The minimum Gasteiger partial charge on any atom is -0.493 e. The summed E-state index contributed by atoms with van der Waals surface area (Å²) in [5.41, 5.74) is 0. The minimum absolute atomic E-state index is 0.229. The average molecular weight is 231 g/mol. The third-order valence-corrected chi connectivity index (χ3v) is 2.16. The van der Waals surface area contributed by atoms with Crippen LogP contribution in [0, 0.1) is 0 Å². The minimum atomic E-state index is -0.535. The first-order valence-corrected chi connectivity index (χ1v) is 5.31. The van der Waals surface area contributed by atoms with Crippen molar-refractivity contribution in [2.24, 2.45) is 0 Å². The summed E-state index contributed by atoms with van der Waals surface area (Å²) in [4.78, 5) is 0. The predicted molar refractivity (Wildman–Crippen MR) is 59.8 cm³/mol. The van der Waals surface area contributed by atoms with E-state index in [0.29, 0.717) is 23.8 Å². The Kier molecular flexibility index (Phi) is 5.29. The molecule has 0 aliphatic carbocycles. The fraction of sp³-hybridized carbons (Fsp3) is 0.455. The maximum absolute atomic E-state index is 9.42. The van der Waals surface area contributed by atoms with Gasteiger partial charge >= 0.3 is 0 Å². The van der Waals surface area contributed by atoms with Crippen molar-refractivity contribution < 1.29 is 14.6 Å². The monoisotopic (exact) mass is 230 g/mol. The van der Waals surface area contributed by atoms with E-state index in [2.05, 4.69) is 0 Å². The molecule has 0 saturated heterocycles. The summed E-state index contributed by atoms with van der Waals surface area (Å²) in [6, 6.07) is 7.32. The number of rotatable bonds is 6. The number of benzene rings is 1. The van der Waals surface area contributed by atoms with Gasteiger partial charge in [0.05, 0.1) is 13.2 Å². The van der Waals surface area contributed by atoms with Crippen LogP contribution in [0.15, 0.2) is 24.3 Å². The van der Waals surface area contributed by atoms with Gasteiger partial charge in [-0.05, 0) is 18.6 Å². The van der Waals surface area contributed by atoms with Gasteiger partial charge in [0.2, 0.25) is 0 Å². The molecular weight excluding hydrogens is 216 g/mol. The summed E-state index contributed by atoms with van der Waals surface area (Å²) in [5.74, 6) is 1.72. The first-order chi connectivity index (χ1) is 7.27. The van der Waals surface area contributed by atoms with Crippen LogP contribution in [0.3, 0.4) is 0 Å². The molecule has 1 rings (SSSR count). The summed E-state index contributed by atoms with van der Waals surface area (Å²) < 4.78 is 10.5. The molecule has 0 saturated carbocycles. The van der Waals surface area contributed by atoms with Gasteiger partial charge in [0, 0.05) is 5.88 Å². The Morgan fingerprint density at radius 1 is 1.33 bits per heavy atom. The molecule has 0 aromatic heterocycles. The quantitative estimate of drug-likeness (QED) is 0.761. The van der Waals surface area contributed by atoms with Gasteiger partial charge in [0.15, 0.2) is 11.5 Å². The Labute approximate surface area is 94.6 Å². The number of ether oxygens (including phenoxy) is 2. The Bertz CT molecular complexity index is 291. The largest absolute Gasteiger partial charge is 0.493 e. The van der Waals surface area contributed by atoms with E-state index in [0.717, 1.165) is 0 Å². The molecule has 1 aromatic carbocycles. The van der Waals surface area contributed by atoms with E-state index < -0.39 is 6.10 Å². The molecule has 4 heteroatoms. The Morgan fingerprint density at radius 3 is 2.60 bits per heavy atom. The fourth-order valence-corrected chi connectivity index (χ4v) is 1.39. The van der Waals surface area contributed by atoms with Crippen LogP contribution in [0.2, 0.25) is 0 Å². The molecule has 1 aromatic rings. The zero-order valence-corrected chi connectivity index (χ0v) is 9.41. The lowest BCUT2D eigenvalue weighted by atomic mass is 10.3. The fourth-order valence-electron chi connectivity index (χ4n) is 1.13. The number of aliphatic hydroxyl groups excluding tert-OH is 1. The van der Waals surface area contributed by atoms with E-state index in [4.69, 9.17) is 21.1 Å². The van der Waals surface area contributed by atoms with E-state index in [1.807, 2.05) is 18.2 Å². The van der Waals surface area contributed by atoms with Crippen LogP contribution in [0.1, 0.15) is 6.42 Å². The van der Waals surface area contributed by atoms with Crippen molar-refractivity contribution in [1.82, 2.24) is 0 Å². The second kappa shape index (κ2) is 6.53. The molecule has 0 heterocycles. The Hall–Kier alpha value is -0.930. The van der Waals surface area contributed by atoms with Gasteiger partial charge in [-0.1, -0.05) is 12.1 Å². The number of para-hydroxylation sites is 2. The molecule has 1 N–H and O–H groups in total. The highest BCUT2D eigenvalue weighted by Gasteiger charge is 2.07. The molecule has 0 radical (unpaired) electrons. The van der Waals surface area contributed by atoms with Crippen LogP contribution in [0.5, 0.6) is 11.5 Å². The molecule has 15 heavy (non-hydrogen) atoms. The van der Waals surface area contributed by atoms with E-state index in [9.17, 15) is 5.11 Å². The second-order valence-corrected chi connectivity index (χ2v) is 3.47. The number of alkyl halides is 1. The highest BCUT2D eigenvalue weighted by Crippen LogP contribution is 2.25. The molecule has 0 fully saturated rings. The summed E-state index contributed by atoms with van der Waals surface area (Å²) in [6.45, 7) is 0.229. The lowest BCUT2D eigenvalue weighted by Gasteiger charge is -2.13. The van der Waals surface area contributed by atoms with E-state index in [-0.39, 0.29) is 6.61 Å². The van der Waals surface area contributed by atoms with Gasteiger partial charge in [-0.2, -0.15) is 0 Å². The number of halogens is 1. The standard InChI is InChI=1S/C11H15ClO3/c1-14-10-4-2-3-5-11(10)15-8-9(13)6-7-12/h2-5,9,13H,6-8H2,1H3. The van der Waals surface area contributed by atoms with Gasteiger partial charge in [-0.25, -0.2) is 0 Å². The molecule has 1 unspecified atom stereocenters. The maximum atomic E-state index is 9.42. The van der Waals surface area contributed by atoms with Gasteiger partial charge in [0.25, 0.3) is 0 Å². The molecule has 84 valence electrons. The van der Waals surface area contributed by atoms with Crippen LogP contribution in [-0.4, -0.2) is 30.8 Å². The van der Waals surface area contributed by atoms with Crippen LogP contribution < -0.4 is 9.47 Å². The Balaban J connectivity index is 2.49. The van der Waals surface area contributed by atoms with Crippen LogP contribution >= 0.6 is 11.6 Å². The SMILES string of the molecule is COc1ccccc1OCC(O)CCCl. The average Bonchev–Trinajstić information content (AvgIpc) is 2.27. The summed E-state index contributed by atoms with van der Waals surface area (Å²) in [5, 5.41) is 9.42. The van der Waals surface area contributed by atoms with Crippen molar-refractivity contribution in [2.45, 2.75) is 12.5 Å². The van der Waals surface area contributed by atoms with Crippen LogP contribution in [0.4, 0.5) is 0 Å². The molecule has 3 nitrogen and oxygen atoms in total. The molecule has 0 spiro atoms. The number of methoxy groups -OCH3 is 1. The third-order valence-electron chi connectivity index (χ3n) is 1.94. The van der Waals surface area contributed by atoms with Crippen molar-refractivity contribution in [1.29, 1.82) is 0 Å². The molecule has 0 aliphatic heterocycles. The van der Waals surface area contributed by atoms with Crippen molar-refractivity contribution >= 4 is 11.6 Å². The van der Waals surface area contributed by atoms with E-state index in [1.54, 1.807) is 13.2 Å². The summed E-state index contributed by atoms with van der Waals surface area (Å²) >= 11 is 5.50. The number of hydrogen-bond acceptors (Lipinski definition) is 3. The lowest BCUT2D eigenvalue weighted by Crippen LogP contribution is -2.18. The normalized spacial score (nSPS) is 12.2. The summed E-state index contributed by atoms with van der Waals surface area (Å²) in [6.07, 6.45) is -0.0103. The Morgan fingerprint density at radius 2 is 2.00 bits per heavy atom.